The molecule has 3 heteroatoms. The van der Waals surface area contributed by atoms with Crippen LogP contribution >= 0.6 is 0 Å². The van der Waals surface area contributed by atoms with Gasteiger partial charge in [0.2, 0.25) is 0 Å². The summed E-state index contributed by atoms with van der Waals surface area (Å²) in [6.07, 6.45) is 2.12. The summed E-state index contributed by atoms with van der Waals surface area (Å²) in [5, 5.41) is 3.52. The molecule has 1 N–H and O–H groups in total. The molecule has 0 aliphatic carbocycles. The van der Waals surface area contributed by atoms with Crippen LogP contribution in [-0.2, 0) is 0 Å². The molecule has 1 atom stereocenters. The molecule has 21 heavy (non-hydrogen) atoms. The van der Waals surface area contributed by atoms with E-state index in [1.54, 1.807) is 12.1 Å². The van der Waals surface area contributed by atoms with Gasteiger partial charge in [0, 0.05) is 12.1 Å². The standard InChI is InChI=1S/C18H22FNO/c1-3-11-20-18(4-2)14-7-5-9-16(12-14)21-17-10-6-8-15(19)13-17/h5-10,12-13,18,20H,3-4,11H2,1-2H3. The van der Waals surface area contributed by atoms with Gasteiger partial charge in [-0.25, -0.2) is 4.39 Å². The Morgan fingerprint density at radius 3 is 2.43 bits per heavy atom. The van der Waals surface area contributed by atoms with Gasteiger partial charge in [0.1, 0.15) is 17.3 Å². The highest BCUT2D eigenvalue weighted by atomic mass is 19.1. The highest BCUT2D eigenvalue weighted by Gasteiger charge is 2.09. The van der Waals surface area contributed by atoms with E-state index < -0.39 is 0 Å². The summed E-state index contributed by atoms with van der Waals surface area (Å²) in [5.74, 6) is 0.955. The Hall–Kier alpha value is -1.87. The smallest absolute Gasteiger partial charge is 0.130 e. The van der Waals surface area contributed by atoms with E-state index in [-0.39, 0.29) is 5.82 Å². The van der Waals surface area contributed by atoms with Crippen molar-refractivity contribution in [1.82, 2.24) is 5.32 Å². The zero-order chi connectivity index (χ0) is 15.1. The van der Waals surface area contributed by atoms with E-state index in [4.69, 9.17) is 4.74 Å². The molecule has 0 bridgehead atoms. The highest BCUT2D eigenvalue weighted by molar-refractivity contribution is 5.35. The largest absolute Gasteiger partial charge is 0.457 e. The Morgan fingerprint density at radius 1 is 1.05 bits per heavy atom. The molecule has 2 nitrogen and oxygen atoms in total. The van der Waals surface area contributed by atoms with Gasteiger partial charge in [0.15, 0.2) is 0 Å². The summed E-state index contributed by atoms with van der Waals surface area (Å²) in [6, 6.07) is 14.5. The first-order valence-corrected chi connectivity index (χ1v) is 7.49. The Labute approximate surface area is 126 Å². The van der Waals surface area contributed by atoms with Gasteiger partial charge in [-0.2, -0.15) is 0 Å². The first kappa shape index (κ1) is 15.5. The number of hydrogen-bond acceptors (Lipinski definition) is 2. The van der Waals surface area contributed by atoms with Gasteiger partial charge in [0.25, 0.3) is 0 Å². The predicted octanol–water partition coefficient (Wildman–Crippen LogP) is 5.07. The van der Waals surface area contributed by atoms with Gasteiger partial charge in [0.05, 0.1) is 0 Å². The van der Waals surface area contributed by atoms with Crippen LogP contribution < -0.4 is 10.1 Å². The van der Waals surface area contributed by atoms with Crippen molar-refractivity contribution in [2.45, 2.75) is 32.7 Å². The van der Waals surface area contributed by atoms with Crippen LogP contribution in [0.15, 0.2) is 48.5 Å². The molecule has 2 aromatic rings. The zero-order valence-electron chi connectivity index (χ0n) is 12.6. The second kappa shape index (κ2) is 7.79. The number of benzene rings is 2. The van der Waals surface area contributed by atoms with Crippen LogP contribution in [0.1, 0.15) is 38.3 Å². The summed E-state index contributed by atoms with van der Waals surface area (Å²) >= 11 is 0. The molecular formula is C18H22FNO. The highest BCUT2D eigenvalue weighted by Crippen LogP contribution is 2.26. The molecule has 1 unspecified atom stereocenters. The second-order valence-electron chi connectivity index (χ2n) is 5.05. The van der Waals surface area contributed by atoms with E-state index in [2.05, 4.69) is 25.2 Å². The van der Waals surface area contributed by atoms with E-state index in [9.17, 15) is 4.39 Å². The van der Waals surface area contributed by atoms with Crippen molar-refractivity contribution in [2.24, 2.45) is 0 Å². The maximum absolute atomic E-state index is 13.2. The average molecular weight is 287 g/mol. The summed E-state index contributed by atoms with van der Waals surface area (Å²) in [7, 11) is 0. The number of rotatable bonds is 7. The monoisotopic (exact) mass is 287 g/mol. The molecule has 2 aromatic carbocycles. The SMILES string of the molecule is CCCNC(CC)c1cccc(Oc2cccc(F)c2)c1. The molecule has 0 amide bonds. The fourth-order valence-electron chi connectivity index (χ4n) is 2.28. The third kappa shape index (κ3) is 4.57. The Balaban J connectivity index is 2.13. The van der Waals surface area contributed by atoms with Gasteiger partial charge in [-0.15, -0.1) is 0 Å². The molecule has 0 spiro atoms. The molecule has 2 rings (SSSR count). The van der Waals surface area contributed by atoms with Crippen molar-refractivity contribution in [1.29, 1.82) is 0 Å². The van der Waals surface area contributed by atoms with E-state index in [1.165, 1.54) is 17.7 Å². The van der Waals surface area contributed by atoms with Gasteiger partial charge >= 0.3 is 0 Å². The molecule has 0 fully saturated rings. The molecule has 112 valence electrons. The van der Waals surface area contributed by atoms with Crippen LogP contribution in [0.2, 0.25) is 0 Å². The lowest BCUT2D eigenvalue weighted by Gasteiger charge is -2.18. The number of ether oxygens (including phenoxy) is 1. The maximum atomic E-state index is 13.2. The van der Waals surface area contributed by atoms with Crippen molar-refractivity contribution >= 4 is 0 Å². The number of nitrogens with one attached hydrogen (secondary N) is 1. The second-order valence-corrected chi connectivity index (χ2v) is 5.05. The van der Waals surface area contributed by atoms with Crippen LogP contribution in [0.25, 0.3) is 0 Å². The van der Waals surface area contributed by atoms with Crippen LogP contribution in [0.4, 0.5) is 4.39 Å². The Kier molecular flexibility index (Phi) is 5.76. The van der Waals surface area contributed by atoms with E-state index in [0.29, 0.717) is 11.8 Å². The number of halogens is 1. The van der Waals surface area contributed by atoms with Crippen molar-refractivity contribution in [3.63, 3.8) is 0 Å². The van der Waals surface area contributed by atoms with E-state index in [1.807, 2.05) is 18.2 Å². The van der Waals surface area contributed by atoms with Gasteiger partial charge in [-0.3, -0.25) is 0 Å². The minimum Gasteiger partial charge on any atom is -0.457 e. The van der Waals surface area contributed by atoms with E-state index in [0.717, 1.165) is 25.1 Å². The summed E-state index contributed by atoms with van der Waals surface area (Å²) in [5.41, 5.74) is 1.19. The molecular weight excluding hydrogens is 265 g/mol. The normalized spacial score (nSPS) is 12.1. The summed E-state index contributed by atoms with van der Waals surface area (Å²) in [6.45, 7) is 5.31. The molecule has 0 aliphatic rings. The first-order chi connectivity index (χ1) is 10.2. The predicted molar refractivity (Wildman–Crippen MR) is 84.2 cm³/mol. The quantitative estimate of drug-likeness (QED) is 0.767. The number of hydrogen-bond donors (Lipinski definition) is 1. The molecule has 0 aliphatic heterocycles. The molecule has 0 saturated heterocycles. The average Bonchev–Trinajstić information content (AvgIpc) is 2.48. The zero-order valence-corrected chi connectivity index (χ0v) is 12.6. The Morgan fingerprint density at radius 2 is 1.76 bits per heavy atom. The van der Waals surface area contributed by atoms with Gasteiger partial charge in [-0.05, 0) is 49.2 Å². The molecule has 0 radical (unpaired) electrons. The maximum Gasteiger partial charge on any atom is 0.130 e. The van der Waals surface area contributed by atoms with Crippen LogP contribution in [0, 0.1) is 5.82 Å². The molecule has 0 aromatic heterocycles. The van der Waals surface area contributed by atoms with E-state index >= 15 is 0 Å². The minimum absolute atomic E-state index is 0.292. The lowest BCUT2D eigenvalue weighted by molar-refractivity contribution is 0.471. The van der Waals surface area contributed by atoms with Crippen LogP contribution in [0.3, 0.4) is 0 Å². The first-order valence-electron chi connectivity index (χ1n) is 7.49. The summed E-state index contributed by atoms with van der Waals surface area (Å²) < 4.78 is 18.9. The minimum atomic E-state index is -0.292. The van der Waals surface area contributed by atoms with Crippen LogP contribution in [0.5, 0.6) is 11.5 Å². The summed E-state index contributed by atoms with van der Waals surface area (Å²) in [4.78, 5) is 0. The fraction of sp³-hybridized carbons (Fsp3) is 0.333. The third-order valence-electron chi connectivity index (χ3n) is 3.34. The fourth-order valence-corrected chi connectivity index (χ4v) is 2.28. The van der Waals surface area contributed by atoms with Crippen molar-refractivity contribution < 1.29 is 9.13 Å². The van der Waals surface area contributed by atoms with Crippen molar-refractivity contribution in [3.05, 3.63) is 59.9 Å². The van der Waals surface area contributed by atoms with Crippen LogP contribution in [-0.4, -0.2) is 6.54 Å². The van der Waals surface area contributed by atoms with Gasteiger partial charge in [-0.1, -0.05) is 32.0 Å². The molecule has 0 heterocycles. The topological polar surface area (TPSA) is 21.3 Å². The third-order valence-corrected chi connectivity index (χ3v) is 3.34. The molecule has 0 saturated carbocycles. The lowest BCUT2D eigenvalue weighted by atomic mass is 10.0. The van der Waals surface area contributed by atoms with Gasteiger partial charge < -0.3 is 10.1 Å². The lowest BCUT2D eigenvalue weighted by Crippen LogP contribution is -2.21. The Bertz CT molecular complexity index is 571. The van der Waals surface area contributed by atoms with Crippen molar-refractivity contribution in [2.75, 3.05) is 6.54 Å². The van der Waals surface area contributed by atoms with Crippen molar-refractivity contribution in [3.8, 4) is 11.5 Å².